The summed E-state index contributed by atoms with van der Waals surface area (Å²) in [5, 5.41) is 11.8. The van der Waals surface area contributed by atoms with Crippen LogP contribution in [0.4, 0.5) is 4.79 Å². The SMILES string of the molecule is CCC1OCCC1CNC(=O)N1CCC(C(=O)O)C1. The van der Waals surface area contributed by atoms with Crippen LogP contribution in [0.2, 0.25) is 0 Å². The fourth-order valence-corrected chi connectivity index (χ4v) is 2.85. The number of likely N-dealkylation sites (tertiary alicyclic amines) is 1. The third kappa shape index (κ3) is 3.37. The highest BCUT2D eigenvalue weighted by molar-refractivity contribution is 5.77. The molecule has 2 aliphatic rings. The molecule has 3 unspecified atom stereocenters. The highest BCUT2D eigenvalue weighted by Gasteiger charge is 2.32. The van der Waals surface area contributed by atoms with Crippen molar-refractivity contribution >= 4 is 12.0 Å². The summed E-state index contributed by atoms with van der Waals surface area (Å²) < 4.78 is 5.58. The molecule has 2 rings (SSSR count). The Hall–Kier alpha value is -1.30. The van der Waals surface area contributed by atoms with Crippen LogP contribution in [0.5, 0.6) is 0 Å². The molecule has 2 heterocycles. The number of carbonyl (C=O) groups excluding carboxylic acids is 1. The molecule has 2 amide bonds. The molecule has 0 aromatic heterocycles. The zero-order chi connectivity index (χ0) is 13.8. The van der Waals surface area contributed by atoms with Crippen LogP contribution < -0.4 is 5.32 Å². The van der Waals surface area contributed by atoms with Crippen LogP contribution >= 0.6 is 0 Å². The molecule has 0 aliphatic carbocycles. The van der Waals surface area contributed by atoms with Crippen LogP contribution in [0.3, 0.4) is 0 Å². The number of nitrogens with zero attached hydrogens (tertiary/aromatic N) is 1. The van der Waals surface area contributed by atoms with Crippen LogP contribution in [0, 0.1) is 11.8 Å². The summed E-state index contributed by atoms with van der Waals surface area (Å²) >= 11 is 0. The lowest BCUT2D eigenvalue weighted by atomic mass is 10.00. The summed E-state index contributed by atoms with van der Waals surface area (Å²) in [5.74, 6) is -0.846. The van der Waals surface area contributed by atoms with Crippen molar-refractivity contribution in [1.82, 2.24) is 10.2 Å². The molecular formula is C13H22N2O4. The lowest BCUT2D eigenvalue weighted by Gasteiger charge is -2.21. The molecule has 0 aromatic rings. The first-order chi connectivity index (χ1) is 9.11. The molecule has 3 atom stereocenters. The third-order valence-corrected chi connectivity index (χ3v) is 4.09. The molecule has 2 fully saturated rings. The molecule has 19 heavy (non-hydrogen) atoms. The molecule has 0 saturated carbocycles. The van der Waals surface area contributed by atoms with Crippen molar-refractivity contribution in [2.45, 2.75) is 32.3 Å². The number of rotatable bonds is 4. The molecule has 2 saturated heterocycles. The standard InChI is InChI=1S/C13H22N2O4/c1-2-11-9(4-6-19-11)7-14-13(18)15-5-3-10(8-15)12(16)17/h9-11H,2-8H2,1H3,(H,14,18)(H,16,17). The molecule has 0 spiro atoms. The number of hydrogen-bond acceptors (Lipinski definition) is 3. The summed E-state index contributed by atoms with van der Waals surface area (Å²) in [6.07, 6.45) is 2.74. The van der Waals surface area contributed by atoms with Crippen molar-refractivity contribution in [1.29, 1.82) is 0 Å². The minimum absolute atomic E-state index is 0.148. The van der Waals surface area contributed by atoms with Crippen molar-refractivity contribution in [3.05, 3.63) is 0 Å². The highest BCUT2D eigenvalue weighted by atomic mass is 16.5. The Labute approximate surface area is 113 Å². The predicted octanol–water partition coefficient (Wildman–Crippen LogP) is 0.918. The van der Waals surface area contributed by atoms with E-state index in [2.05, 4.69) is 12.2 Å². The number of carbonyl (C=O) groups is 2. The van der Waals surface area contributed by atoms with Crippen molar-refractivity contribution < 1.29 is 19.4 Å². The second-order valence-corrected chi connectivity index (χ2v) is 5.32. The maximum absolute atomic E-state index is 11.9. The van der Waals surface area contributed by atoms with E-state index in [0.29, 0.717) is 32.0 Å². The van der Waals surface area contributed by atoms with Crippen LogP contribution in [-0.4, -0.2) is 54.4 Å². The number of ether oxygens (including phenoxy) is 1. The van der Waals surface area contributed by atoms with Gasteiger partial charge >= 0.3 is 12.0 Å². The quantitative estimate of drug-likeness (QED) is 0.796. The molecule has 108 valence electrons. The molecule has 0 aromatic carbocycles. The normalized spacial score (nSPS) is 30.6. The Morgan fingerprint density at radius 2 is 2.21 bits per heavy atom. The van der Waals surface area contributed by atoms with Crippen LogP contribution in [0.25, 0.3) is 0 Å². The van der Waals surface area contributed by atoms with Crippen molar-refractivity contribution in [3.8, 4) is 0 Å². The van der Waals surface area contributed by atoms with Crippen LogP contribution in [0.15, 0.2) is 0 Å². The minimum Gasteiger partial charge on any atom is -0.481 e. The lowest BCUT2D eigenvalue weighted by Crippen LogP contribution is -2.42. The van der Waals surface area contributed by atoms with E-state index >= 15 is 0 Å². The maximum Gasteiger partial charge on any atom is 0.317 e. The Bertz CT molecular complexity index is 348. The molecule has 0 radical (unpaired) electrons. The van der Waals surface area contributed by atoms with Gasteiger partial charge in [-0.15, -0.1) is 0 Å². The van der Waals surface area contributed by atoms with E-state index in [0.717, 1.165) is 19.4 Å². The fraction of sp³-hybridized carbons (Fsp3) is 0.846. The van der Waals surface area contributed by atoms with E-state index < -0.39 is 11.9 Å². The van der Waals surface area contributed by atoms with Gasteiger partial charge in [0.15, 0.2) is 0 Å². The molecular weight excluding hydrogens is 248 g/mol. The van der Waals surface area contributed by atoms with Gasteiger partial charge in [-0.2, -0.15) is 0 Å². The smallest absolute Gasteiger partial charge is 0.317 e. The number of hydrogen-bond donors (Lipinski definition) is 2. The first-order valence-electron chi connectivity index (χ1n) is 6.99. The predicted molar refractivity (Wildman–Crippen MR) is 68.9 cm³/mol. The number of aliphatic carboxylic acids is 1. The van der Waals surface area contributed by atoms with Gasteiger partial charge in [-0.05, 0) is 19.3 Å². The van der Waals surface area contributed by atoms with E-state index in [1.54, 1.807) is 4.90 Å². The van der Waals surface area contributed by atoms with Gasteiger partial charge in [0, 0.05) is 32.2 Å². The monoisotopic (exact) mass is 270 g/mol. The van der Waals surface area contributed by atoms with Gasteiger partial charge < -0.3 is 20.1 Å². The van der Waals surface area contributed by atoms with Gasteiger partial charge in [-0.3, -0.25) is 4.79 Å². The van der Waals surface area contributed by atoms with E-state index in [9.17, 15) is 9.59 Å². The Balaban J connectivity index is 1.74. The topological polar surface area (TPSA) is 78.9 Å². The fourth-order valence-electron chi connectivity index (χ4n) is 2.85. The summed E-state index contributed by atoms with van der Waals surface area (Å²) in [6.45, 7) is 4.32. The number of nitrogens with one attached hydrogen (secondary N) is 1. The Morgan fingerprint density at radius 1 is 1.42 bits per heavy atom. The van der Waals surface area contributed by atoms with E-state index in [-0.39, 0.29) is 12.1 Å². The van der Waals surface area contributed by atoms with Crippen LogP contribution in [0.1, 0.15) is 26.2 Å². The summed E-state index contributed by atoms with van der Waals surface area (Å²) in [4.78, 5) is 24.4. The van der Waals surface area contributed by atoms with Gasteiger partial charge in [-0.1, -0.05) is 6.92 Å². The maximum atomic E-state index is 11.9. The molecule has 0 bridgehead atoms. The van der Waals surface area contributed by atoms with Crippen molar-refractivity contribution in [2.24, 2.45) is 11.8 Å². The van der Waals surface area contributed by atoms with E-state index in [1.807, 2.05) is 0 Å². The van der Waals surface area contributed by atoms with Gasteiger partial charge in [0.1, 0.15) is 0 Å². The molecule has 2 N–H and O–H groups in total. The summed E-state index contributed by atoms with van der Waals surface area (Å²) in [5.41, 5.74) is 0. The van der Waals surface area contributed by atoms with Crippen LogP contribution in [-0.2, 0) is 9.53 Å². The average Bonchev–Trinajstić information content (AvgIpc) is 3.04. The van der Waals surface area contributed by atoms with Crippen molar-refractivity contribution in [2.75, 3.05) is 26.2 Å². The Morgan fingerprint density at radius 3 is 2.84 bits per heavy atom. The first kappa shape index (κ1) is 14.1. The van der Waals surface area contributed by atoms with Gasteiger partial charge in [0.2, 0.25) is 0 Å². The zero-order valence-corrected chi connectivity index (χ0v) is 11.3. The largest absolute Gasteiger partial charge is 0.481 e. The Kier molecular flexibility index (Phi) is 4.63. The highest BCUT2D eigenvalue weighted by Crippen LogP contribution is 2.23. The molecule has 6 nitrogen and oxygen atoms in total. The zero-order valence-electron chi connectivity index (χ0n) is 11.3. The molecule has 2 aliphatic heterocycles. The van der Waals surface area contributed by atoms with E-state index in [4.69, 9.17) is 9.84 Å². The minimum atomic E-state index is -0.814. The number of carboxylic acid groups (broad SMARTS) is 1. The second kappa shape index (κ2) is 6.23. The van der Waals surface area contributed by atoms with Gasteiger partial charge in [0.25, 0.3) is 0 Å². The second-order valence-electron chi connectivity index (χ2n) is 5.32. The summed E-state index contributed by atoms with van der Waals surface area (Å²) in [7, 11) is 0. The third-order valence-electron chi connectivity index (χ3n) is 4.09. The average molecular weight is 270 g/mol. The van der Waals surface area contributed by atoms with Crippen molar-refractivity contribution in [3.63, 3.8) is 0 Å². The summed E-state index contributed by atoms with van der Waals surface area (Å²) in [6, 6.07) is -0.148. The number of amides is 2. The number of urea groups is 1. The van der Waals surface area contributed by atoms with Gasteiger partial charge in [0.05, 0.1) is 12.0 Å². The number of carboxylic acids is 1. The lowest BCUT2D eigenvalue weighted by molar-refractivity contribution is -0.141. The van der Waals surface area contributed by atoms with E-state index in [1.165, 1.54) is 0 Å². The molecule has 6 heteroatoms. The van der Waals surface area contributed by atoms with Gasteiger partial charge in [-0.25, -0.2) is 4.79 Å². The first-order valence-corrected chi connectivity index (χ1v) is 6.99.